The van der Waals surface area contributed by atoms with Gasteiger partial charge in [-0.2, -0.15) is 0 Å². The smallest absolute Gasteiger partial charge is 0.247 e. The fourth-order valence-electron chi connectivity index (χ4n) is 2.83. The van der Waals surface area contributed by atoms with Crippen molar-refractivity contribution in [2.75, 3.05) is 23.9 Å². The maximum atomic E-state index is 12.9. The number of amides is 2. The van der Waals surface area contributed by atoms with E-state index in [9.17, 15) is 9.59 Å². The molecule has 0 bridgehead atoms. The van der Waals surface area contributed by atoms with Crippen molar-refractivity contribution in [3.8, 4) is 5.75 Å². The molecule has 152 valence electrons. The highest BCUT2D eigenvalue weighted by molar-refractivity contribution is 8.15. The first-order valence-electron chi connectivity index (χ1n) is 8.86. The van der Waals surface area contributed by atoms with Crippen LogP contribution in [-0.4, -0.2) is 35.9 Å². The molecule has 0 aromatic heterocycles. The maximum Gasteiger partial charge on any atom is 0.247 e. The first kappa shape index (κ1) is 21.5. The first-order chi connectivity index (χ1) is 13.9. The SMILES string of the molecule is CCN=C(Nc1cc(Cl)cc(Cl)c1)S[C@H]1CC(=O)N(c2ccc(OC)cc2)C1=O. The highest BCUT2D eigenvalue weighted by Crippen LogP contribution is 2.32. The third-order valence-corrected chi connectivity index (χ3v) is 5.65. The number of hydrogen-bond acceptors (Lipinski definition) is 5. The van der Waals surface area contributed by atoms with Crippen molar-refractivity contribution in [2.24, 2.45) is 4.99 Å². The molecule has 2 aromatic carbocycles. The van der Waals surface area contributed by atoms with Crippen molar-refractivity contribution < 1.29 is 14.3 Å². The summed E-state index contributed by atoms with van der Waals surface area (Å²) in [5, 5.41) is 4.06. The number of nitrogens with one attached hydrogen (secondary N) is 1. The van der Waals surface area contributed by atoms with Gasteiger partial charge in [0.1, 0.15) is 11.0 Å². The average molecular weight is 452 g/mol. The fraction of sp³-hybridized carbons (Fsp3) is 0.250. The van der Waals surface area contributed by atoms with E-state index in [0.717, 1.165) is 0 Å². The third kappa shape index (κ3) is 5.23. The van der Waals surface area contributed by atoms with Crippen LogP contribution in [0.5, 0.6) is 5.75 Å². The largest absolute Gasteiger partial charge is 0.497 e. The molecule has 1 aliphatic heterocycles. The van der Waals surface area contributed by atoms with Crippen molar-refractivity contribution in [1.82, 2.24) is 0 Å². The van der Waals surface area contributed by atoms with Crippen molar-refractivity contribution in [2.45, 2.75) is 18.6 Å². The van der Waals surface area contributed by atoms with E-state index >= 15 is 0 Å². The molecule has 0 aliphatic carbocycles. The normalized spacial score (nSPS) is 17.0. The molecule has 9 heteroatoms. The number of carbonyl (C=O) groups excluding carboxylic acids is 2. The van der Waals surface area contributed by atoms with Crippen LogP contribution in [0.25, 0.3) is 0 Å². The van der Waals surface area contributed by atoms with Gasteiger partial charge < -0.3 is 10.1 Å². The summed E-state index contributed by atoms with van der Waals surface area (Å²) in [6, 6.07) is 11.9. The number of nitrogens with zero attached hydrogens (tertiary/aromatic N) is 2. The molecule has 2 amide bonds. The number of carbonyl (C=O) groups is 2. The minimum Gasteiger partial charge on any atom is -0.497 e. The molecule has 3 rings (SSSR count). The van der Waals surface area contributed by atoms with Crippen LogP contribution in [0.1, 0.15) is 13.3 Å². The van der Waals surface area contributed by atoms with Crippen LogP contribution < -0.4 is 15.0 Å². The lowest BCUT2D eigenvalue weighted by Gasteiger charge is -2.16. The Kier molecular flexibility index (Phi) is 7.05. The van der Waals surface area contributed by atoms with Crippen LogP contribution in [-0.2, 0) is 9.59 Å². The highest BCUT2D eigenvalue weighted by Gasteiger charge is 2.40. The lowest BCUT2D eigenvalue weighted by Crippen LogP contribution is -2.31. The van der Waals surface area contributed by atoms with Gasteiger partial charge in [-0.15, -0.1) is 0 Å². The Balaban J connectivity index is 1.75. The lowest BCUT2D eigenvalue weighted by molar-refractivity contribution is -0.121. The Labute approximate surface area is 183 Å². The number of rotatable bonds is 5. The topological polar surface area (TPSA) is 71.0 Å². The van der Waals surface area contributed by atoms with E-state index in [-0.39, 0.29) is 18.2 Å². The minimum atomic E-state index is -0.572. The van der Waals surface area contributed by atoms with Crippen LogP contribution in [0.15, 0.2) is 47.5 Å². The maximum absolute atomic E-state index is 12.9. The second kappa shape index (κ2) is 9.52. The number of aliphatic imine (C=N–C) groups is 1. The summed E-state index contributed by atoms with van der Waals surface area (Å²) in [7, 11) is 1.56. The van der Waals surface area contributed by atoms with Crippen molar-refractivity contribution in [3.05, 3.63) is 52.5 Å². The van der Waals surface area contributed by atoms with Crippen LogP contribution in [0.2, 0.25) is 10.0 Å². The number of halogens is 2. The van der Waals surface area contributed by atoms with Gasteiger partial charge in [0.15, 0.2) is 5.17 Å². The molecule has 1 saturated heterocycles. The van der Waals surface area contributed by atoms with Crippen LogP contribution in [0.4, 0.5) is 11.4 Å². The number of amidine groups is 1. The molecule has 0 radical (unpaired) electrons. The molecule has 0 unspecified atom stereocenters. The Bertz CT molecular complexity index is 930. The molecule has 1 aliphatic rings. The fourth-order valence-corrected chi connectivity index (χ4v) is 4.44. The van der Waals surface area contributed by atoms with Crippen molar-refractivity contribution in [3.63, 3.8) is 0 Å². The molecule has 2 aromatic rings. The van der Waals surface area contributed by atoms with Gasteiger partial charge in [0.25, 0.3) is 0 Å². The predicted molar refractivity (Wildman–Crippen MR) is 120 cm³/mol. The summed E-state index contributed by atoms with van der Waals surface area (Å²) in [6.07, 6.45) is 0.0935. The van der Waals surface area contributed by atoms with E-state index in [4.69, 9.17) is 27.9 Å². The molecule has 1 N–H and O–H groups in total. The molecule has 0 spiro atoms. The van der Waals surface area contributed by atoms with Gasteiger partial charge in [0.2, 0.25) is 11.8 Å². The summed E-state index contributed by atoms with van der Waals surface area (Å²) in [6.45, 7) is 2.40. The Morgan fingerprint density at radius 3 is 2.45 bits per heavy atom. The Hall–Kier alpha value is -2.22. The molecule has 6 nitrogen and oxygen atoms in total. The Morgan fingerprint density at radius 2 is 1.86 bits per heavy atom. The number of thioether (sulfide) groups is 1. The van der Waals surface area contributed by atoms with Gasteiger partial charge in [0, 0.05) is 28.7 Å². The number of methoxy groups -OCH3 is 1. The molecule has 1 fully saturated rings. The van der Waals surface area contributed by atoms with Gasteiger partial charge in [-0.05, 0) is 49.4 Å². The summed E-state index contributed by atoms with van der Waals surface area (Å²) in [4.78, 5) is 31.0. The highest BCUT2D eigenvalue weighted by atomic mass is 35.5. The lowest BCUT2D eigenvalue weighted by atomic mass is 10.3. The summed E-state index contributed by atoms with van der Waals surface area (Å²) in [5.74, 6) is 0.125. The summed E-state index contributed by atoms with van der Waals surface area (Å²) >= 11 is 13.3. The van der Waals surface area contributed by atoms with Gasteiger partial charge in [-0.1, -0.05) is 35.0 Å². The second-order valence-corrected chi connectivity index (χ2v) is 8.20. The van der Waals surface area contributed by atoms with Crippen LogP contribution in [0, 0.1) is 0 Å². The van der Waals surface area contributed by atoms with E-state index in [2.05, 4.69) is 10.3 Å². The van der Waals surface area contributed by atoms with E-state index in [1.165, 1.54) is 16.7 Å². The number of ether oxygens (including phenoxy) is 1. The van der Waals surface area contributed by atoms with Gasteiger partial charge >= 0.3 is 0 Å². The summed E-state index contributed by atoms with van der Waals surface area (Å²) < 4.78 is 5.12. The van der Waals surface area contributed by atoms with E-state index in [1.807, 2.05) is 6.92 Å². The second-order valence-electron chi connectivity index (χ2n) is 6.14. The number of anilines is 2. The third-order valence-electron chi connectivity index (χ3n) is 4.11. The molecule has 1 heterocycles. The Morgan fingerprint density at radius 1 is 1.21 bits per heavy atom. The first-order valence-corrected chi connectivity index (χ1v) is 10.5. The van der Waals surface area contributed by atoms with E-state index in [1.54, 1.807) is 49.6 Å². The average Bonchev–Trinajstić information content (AvgIpc) is 2.94. The zero-order chi connectivity index (χ0) is 21.0. The van der Waals surface area contributed by atoms with Crippen LogP contribution >= 0.6 is 35.0 Å². The minimum absolute atomic E-state index is 0.0935. The molecular formula is C20H19Cl2N3O3S. The number of hydrogen-bond donors (Lipinski definition) is 1. The molecule has 29 heavy (non-hydrogen) atoms. The predicted octanol–water partition coefficient (Wildman–Crippen LogP) is 4.86. The van der Waals surface area contributed by atoms with Crippen molar-refractivity contribution >= 4 is 63.3 Å². The molecular weight excluding hydrogens is 433 g/mol. The zero-order valence-corrected chi connectivity index (χ0v) is 18.1. The monoisotopic (exact) mass is 451 g/mol. The van der Waals surface area contributed by atoms with Gasteiger partial charge in [-0.3, -0.25) is 14.6 Å². The quantitative estimate of drug-likeness (QED) is 0.399. The molecule has 1 atom stereocenters. The molecule has 0 saturated carbocycles. The zero-order valence-electron chi connectivity index (χ0n) is 15.8. The standard InChI is InChI=1S/C20H19Cl2N3O3S/c1-3-23-20(24-14-9-12(21)8-13(22)10-14)29-17-11-18(26)25(19(17)27)15-4-6-16(28-2)7-5-15/h4-10,17H,3,11H2,1-2H3,(H,23,24)/t17-/m0/s1. The summed E-state index contributed by atoms with van der Waals surface area (Å²) in [5.41, 5.74) is 1.18. The number of imide groups is 1. The van der Waals surface area contributed by atoms with E-state index in [0.29, 0.717) is 38.9 Å². The van der Waals surface area contributed by atoms with Gasteiger partial charge in [0.05, 0.1) is 12.8 Å². The van der Waals surface area contributed by atoms with E-state index < -0.39 is 5.25 Å². The van der Waals surface area contributed by atoms with Crippen molar-refractivity contribution in [1.29, 1.82) is 0 Å². The van der Waals surface area contributed by atoms with Crippen LogP contribution in [0.3, 0.4) is 0 Å². The number of benzene rings is 2. The van der Waals surface area contributed by atoms with Gasteiger partial charge in [-0.25, -0.2) is 4.90 Å².